The monoisotopic (exact) mass is 692 g/mol. The Bertz CT molecular complexity index is 3420. The SMILES string of the molecule is c1ccc2cc(N(c3ccc4c(c3)oc3cccc(-c5nc6cc7ccccc7cc6o5)c34)c3ccc4oc5cc6ccccc6cc5c4c3)ccc2c1. The zero-order valence-electron chi connectivity index (χ0n) is 28.8. The van der Waals surface area contributed by atoms with Crippen molar-refractivity contribution in [1.29, 1.82) is 0 Å². The maximum atomic E-state index is 6.63. The summed E-state index contributed by atoms with van der Waals surface area (Å²) in [5.74, 6) is 0.573. The van der Waals surface area contributed by atoms with E-state index in [1.54, 1.807) is 0 Å². The highest BCUT2D eigenvalue weighted by Gasteiger charge is 2.21. The Balaban J connectivity index is 1.04. The van der Waals surface area contributed by atoms with Crippen LogP contribution >= 0.6 is 0 Å². The maximum absolute atomic E-state index is 6.63. The van der Waals surface area contributed by atoms with E-state index in [4.69, 9.17) is 18.2 Å². The molecule has 0 aliphatic rings. The quantitative estimate of drug-likeness (QED) is 0.184. The van der Waals surface area contributed by atoms with E-state index in [0.717, 1.165) is 93.8 Å². The van der Waals surface area contributed by atoms with Crippen LogP contribution in [-0.2, 0) is 0 Å². The summed E-state index contributed by atoms with van der Waals surface area (Å²) < 4.78 is 19.4. The van der Waals surface area contributed by atoms with Crippen molar-refractivity contribution in [3.63, 3.8) is 0 Å². The zero-order chi connectivity index (χ0) is 35.3. The molecule has 0 amide bonds. The average Bonchev–Trinajstić information content (AvgIpc) is 3.91. The first-order valence-corrected chi connectivity index (χ1v) is 18.1. The van der Waals surface area contributed by atoms with Gasteiger partial charge in [-0.25, -0.2) is 4.98 Å². The molecule has 0 radical (unpaired) electrons. The van der Waals surface area contributed by atoms with Gasteiger partial charge in [0.2, 0.25) is 5.89 Å². The first-order chi connectivity index (χ1) is 26.7. The number of fused-ring (bicyclic) bond motifs is 10. The molecule has 0 saturated heterocycles. The first-order valence-electron chi connectivity index (χ1n) is 18.1. The Hall–Kier alpha value is -7.37. The van der Waals surface area contributed by atoms with Gasteiger partial charge in [-0.3, -0.25) is 0 Å². The largest absolute Gasteiger partial charge is 0.456 e. The van der Waals surface area contributed by atoms with Crippen LogP contribution in [0.3, 0.4) is 0 Å². The predicted octanol–water partition coefficient (Wildman–Crippen LogP) is 14.2. The highest BCUT2D eigenvalue weighted by molar-refractivity contribution is 6.14. The summed E-state index contributed by atoms with van der Waals surface area (Å²) in [6.07, 6.45) is 0. The van der Waals surface area contributed by atoms with Gasteiger partial charge in [0.25, 0.3) is 0 Å². The van der Waals surface area contributed by atoms with Gasteiger partial charge in [-0.1, -0.05) is 84.9 Å². The first kappa shape index (κ1) is 29.2. The van der Waals surface area contributed by atoms with Crippen molar-refractivity contribution in [2.24, 2.45) is 0 Å². The van der Waals surface area contributed by atoms with Crippen molar-refractivity contribution in [3.05, 3.63) is 170 Å². The minimum Gasteiger partial charge on any atom is -0.456 e. The molecule has 0 aliphatic heterocycles. The molecule has 0 atom stereocenters. The Kier molecular flexibility index (Phi) is 5.99. The lowest BCUT2D eigenvalue weighted by Crippen LogP contribution is -2.09. The number of furan rings is 2. The summed E-state index contributed by atoms with van der Waals surface area (Å²) >= 11 is 0. The molecule has 0 bridgehead atoms. The molecule has 0 N–H and O–H groups in total. The fraction of sp³-hybridized carbons (Fsp3) is 0. The molecule has 12 aromatic rings. The van der Waals surface area contributed by atoms with E-state index in [1.807, 2.05) is 24.3 Å². The summed E-state index contributed by atoms with van der Waals surface area (Å²) in [5.41, 5.74) is 8.83. The van der Waals surface area contributed by atoms with Gasteiger partial charge in [0.15, 0.2) is 5.58 Å². The minimum atomic E-state index is 0.573. The van der Waals surface area contributed by atoms with Crippen LogP contribution in [-0.4, -0.2) is 4.98 Å². The minimum absolute atomic E-state index is 0.573. The standard InChI is InChI=1S/C49H28N2O3/c1-2-9-30-22-35(17-16-29(30)8-1)51(36-19-21-43-41(27-36)40-23-31-10-3-5-12-33(31)25-45(40)52-43)37-18-20-38-46(28-37)53-44-15-7-14-39(48(38)44)49-50-42-24-32-11-4-6-13-34(32)26-47(42)54-49/h1-28H. The van der Waals surface area contributed by atoms with Crippen molar-refractivity contribution in [2.75, 3.05) is 4.90 Å². The second-order valence-corrected chi connectivity index (χ2v) is 14.0. The molecule has 0 aliphatic carbocycles. The number of hydrogen-bond donors (Lipinski definition) is 0. The summed E-state index contributed by atoms with van der Waals surface area (Å²) in [4.78, 5) is 7.25. The van der Waals surface area contributed by atoms with E-state index in [9.17, 15) is 0 Å². The molecule has 252 valence electrons. The van der Waals surface area contributed by atoms with Crippen LogP contribution in [0.15, 0.2) is 183 Å². The summed E-state index contributed by atoms with van der Waals surface area (Å²) in [6.45, 7) is 0. The molecule has 0 fully saturated rings. The Morgan fingerprint density at radius 3 is 1.76 bits per heavy atom. The van der Waals surface area contributed by atoms with E-state index in [1.165, 1.54) is 16.2 Å². The maximum Gasteiger partial charge on any atom is 0.228 e. The van der Waals surface area contributed by atoms with Crippen molar-refractivity contribution in [1.82, 2.24) is 4.98 Å². The number of nitrogens with zero attached hydrogens (tertiary/aromatic N) is 2. The smallest absolute Gasteiger partial charge is 0.228 e. The van der Waals surface area contributed by atoms with Crippen LogP contribution in [0.4, 0.5) is 17.1 Å². The average molecular weight is 693 g/mol. The molecule has 0 unspecified atom stereocenters. The van der Waals surface area contributed by atoms with Crippen LogP contribution in [0.5, 0.6) is 0 Å². The molecular weight excluding hydrogens is 665 g/mol. The van der Waals surface area contributed by atoms with Crippen molar-refractivity contribution in [2.45, 2.75) is 0 Å². The highest BCUT2D eigenvalue weighted by Crippen LogP contribution is 2.44. The summed E-state index contributed by atoms with van der Waals surface area (Å²) in [7, 11) is 0. The lowest BCUT2D eigenvalue weighted by Gasteiger charge is -2.26. The van der Waals surface area contributed by atoms with E-state index >= 15 is 0 Å². The van der Waals surface area contributed by atoms with Crippen LogP contribution in [0.1, 0.15) is 0 Å². The fourth-order valence-electron chi connectivity index (χ4n) is 8.21. The molecule has 9 aromatic carbocycles. The molecule has 12 rings (SSSR count). The van der Waals surface area contributed by atoms with Gasteiger partial charge in [-0.2, -0.15) is 0 Å². The van der Waals surface area contributed by atoms with E-state index in [0.29, 0.717) is 5.89 Å². The predicted molar refractivity (Wildman–Crippen MR) is 221 cm³/mol. The van der Waals surface area contributed by atoms with E-state index in [-0.39, 0.29) is 0 Å². The third kappa shape index (κ3) is 4.42. The molecule has 3 aromatic heterocycles. The Labute approximate surface area is 307 Å². The number of anilines is 3. The number of benzene rings is 9. The third-order valence-corrected chi connectivity index (χ3v) is 10.8. The van der Waals surface area contributed by atoms with Crippen molar-refractivity contribution < 1.29 is 13.3 Å². The third-order valence-electron chi connectivity index (χ3n) is 10.8. The lowest BCUT2D eigenvalue weighted by molar-refractivity contribution is 0.620. The molecule has 5 nitrogen and oxygen atoms in total. The topological polar surface area (TPSA) is 55.6 Å². The number of oxazole rings is 1. The molecule has 0 saturated carbocycles. The van der Waals surface area contributed by atoms with Crippen LogP contribution < -0.4 is 4.90 Å². The van der Waals surface area contributed by atoms with E-state index < -0.39 is 0 Å². The second-order valence-electron chi connectivity index (χ2n) is 14.0. The van der Waals surface area contributed by atoms with Crippen LogP contribution in [0.2, 0.25) is 0 Å². The number of hydrogen-bond acceptors (Lipinski definition) is 5. The van der Waals surface area contributed by atoms with Gasteiger partial charge < -0.3 is 18.2 Å². The van der Waals surface area contributed by atoms with E-state index in [2.05, 4.69) is 150 Å². The van der Waals surface area contributed by atoms with Crippen molar-refractivity contribution in [3.8, 4) is 11.5 Å². The van der Waals surface area contributed by atoms with Gasteiger partial charge in [-0.05, 0) is 111 Å². The van der Waals surface area contributed by atoms with Gasteiger partial charge in [0, 0.05) is 50.2 Å². The highest BCUT2D eigenvalue weighted by atomic mass is 16.4. The van der Waals surface area contributed by atoms with Gasteiger partial charge in [0.05, 0.1) is 0 Å². The lowest BCUT2D eigenvalue weighted by atomic mass is 10.0. The normalized spacial score (nSPS) is 12.1. The molecule has 3 heterocycles. The van der Waals surface area contributed by atoms with Crippen molar-refractivity contribution >= 4 is 104 Å². The summed E-state index contributed by atoms with van der Waals surface area (Å²) in [6, 6.07) is 59.3. The molecule has 5 heteroatoms. The molecule has 0 spiro atoms. The van der Waals surface area contributed by atoms with Gasteiger partial charge in [0.1, 0.15) is 27.8 Å². The van der Waals surface area contributed by atoms with Crippen LogP contribution in [0, 0.1) is 0 Å². The van der Waals surface area contributed by atoms with Gasteiger partial charge in [-0.15, -0.1) is 0 Å². The zero-order valence-corrected chi connectivity index (χ0v) is 28.8. The number of rotatable bonds is 4. The Morgan fingerprint density at radius 1 is 0.352 bits per heavy atom. The van der Waals surface area contributed by atoms with Crippen LogP contribution in [0.25, 0.3) is 98.7 Å². The summed E-state index contributed by atoms with van der Waals surface area (Å²) in [5, 5.41) is 11.1. The number of aromatic nitrogens is 1. The Morgan fingerprint density at radius 2 is 0.944 bits per heavy atom. The molecule has 54 heavy (non-hydrogen) atoms. The second kappa shape index (κ2) is 11.1. The fourth-order valence-corrected chi connectivity index (χ4v) is 8.21. The molecular formula is C49H28N2O3. The van der Waals surface area contributed by atoms with Gasteiger partial charge >= 0.3 is 0 Å².